The number of rotatable bonds is 3. The highest BCUT2D eigenvalue weighted by atomic mass is 32.2. The number of furan rings is 1. The van der Waals surface area contributed by atoms with E-state index in [0.29, 0.717) is 12.2 Å². The second-order valence-electron chi connectivity index (χ2n) is 4.39. The summed E-state index contributed by atoms with van der Waals surface area (Å²) in [6.07, 6.45) is 3.40. The van der Waals surface area contributed by atoms with Crippen LogP contribution in [-0.2, 0) is 14.6 Å². The van der Waals surface area contributed by atoms with Gasteiger partial charge in [-0.05, 0) is 31.6 Å². The summed E-state index contributed by atoms with van der Waals surface area (Å²) < 4.78 is 27.7. The van der Waals surface area contributed by atoms with Crippen molar-refractivity contribution in [3.63, 3.8) is 0 Å². The number of hydrogen-bond acceptors (Lipinski definition) is 4. The molecule has 98 valence electrons. The van der Waals surface area contributed by atoms with Gasteiger partial charge in [0, 0.05) is 12.1 Å². The molecule has 1 amide bonds. The van der Waals surface area contributed by atoms with E-state index in [1.165, 1.54) is 6.08 Å². The minimum Gasteiger partial charge on any atom is -0.462 e. The van der Waals surface area contributed by atoms with E-state index in [2.05, 4.69) is 5.32 Å². The zero-order valence-corrected chi connectivity index (χ0v) is 10.9. The van der Waals surface area contributed by atoms with Crippen molar-refractivity contribution in [3.05, 3.63) is 29.7 Å². The Bertz CT molecular complexity index is 571. The summed E-state index contributed by atoms with van der Waals surface area (Å²) in [5.74, 6) is 1.26. The average molecular weight is 269 g/mol. The summed E-state index contributed by atoms with van der Waals surface area (Å²) >= 11 is 0. The highest BCUT2D eigenvalue weighted by molar-refractivity contribution is 7.91. The Morgan fingerprint density at radius 2 is 2.28 bits per heavy atom. The lowest BCUT2D eigenvalue weighted by Crippen LogP contribution is -2.34. The number of nitrogens with one attached hydrogen (secondary N) is 1. The summed E-state index contributed by atoms with van der Waals surface area (Å²) in [5, 5.41) is 2.66. The Labute approximate surface area is 106 Å². The number of amides is 1. The van der Waals surface area contributed by atoms with E-state index in [-0.39, 0.29) is 23.5 Å². The number of carbonyl (C=O) groups excluding carboxylic acids is 1. The summed E-state index contributed by atoms with van der Waals surface area (Å²) in [6.45, 7) is 1.82. The van der Waals surface area contributed by atoms with Gasteiger partial charge in [-0.1, -0.05) is 0 Å². The Kier molecular flexibility index (Phi) is 3.56. The van der Waals surface area contributed by atoms with Crippen LogP contribution < -0.4 is 5.32 Å². The highest BCUT2D eigenvalue weighted by Gasteiger charge is 2.28. The molecule has 1 saturated heterocycles. The number of sulfone groups is 1. The lowest BCUT2D eigenvalue weighted by Gasteiger charge is -2.07. The molecule has 18 heavy (non-hydrogen) atoms. The molecular formula is C12H15NO4S. The lowest BCUT2D eigenvalue weighted by atomic mass is 10.2. The SMILES string of the molecule is Cc1ccc(/C=C/C(=O)NC2CCS(=O)(=O)C2)o1. The van der Waals surface area contributed by atoms with Crippen LogP contribution in [0.2, 0.25) is 0 Å². The second kappa shape index (κ2) is 4.97. The van der Waals surface area contributed by atoms with Crippen LogP contribution in [0.15, 0.2) is 22.6 Å². The maximum atomic E-state index is 11.6. The maximum Gasteiger partial charge on any atom is 0.244 e. The first-order chi connectivity index (χ1) is 8.44. The van der Waals surface area contributed by atoms with E-state index in [9.17, 15) is 13.2 Å². The van der Waals surface area contributed by atoms with Crippen molar-refractivity contribution in [2.24, 2.45) is 0 Å². The van der Waals surface area contributed by atoms with Gasteiger partial charge in [0.05, 0.1) is 11.5 Å². The Morgan fingerprint density at radius 1 is 1.50 bits per heavy atom. The molecule has 5 nitrogen and oxygen atoms in total. The van der Waals surface area contributed by atoms with Crippen LogP contribution in [0.25, 0.3) is 6.08 Å². The molecule has 0 saturated carbocycles. The molecule has 6 heteroatoms. The van der Waals surface area contributed by atoms with Gasteiger partial charge in [0.2, 0.25) is 5.91 Å². The van der Waals surface area contributed by atoms with Crippen molar-refractivity contribution < 1.29 is 17.6 Å². The summed E-state index contributed by atoms with van der Waals surface area (Å²) in [7, 11) is -2.96. The van der Waals surface area contributed by atoms with Crippen LogP contribution in [0.5, 0.6) is 0 Å². The van der Waals surface area contributed by atoms with Gasteiger partial charge in [-0.2, -0.15) is 0 Å². The van der Waals surface area contributed by atoms with E-state index in [0.717, 1.165) is 5.76 Å². The third kappa shape index (κ3) is 3.46. The van der Waals surface area contributed by atoms with Crippen LogP contribution >= 0.6 is 0 Å². The molecule has 1 unspecified atom stereocenters. The minimum atomic E-state index is -2.96. The van der Waals surface area contributed by atoms with Crippen molar-refractivity contribution in [2.45, 2.75) is 19.4 Å². The summed E-state index contributed by atoms with van der Waals surface area (Å²) in [5.41, 5.74) is 0. The van der Waals surface area contributed by atoms with E-state index >= 15 is 0 Å². The smallest absolute Gasteiger partial charge is 0.244 e. The first-order valence-electron chi connectivity index (χ1n) is 5.70. The van der Waals surface area contributed by atoms with Gasteiger partial charge in [-0.15, -0.1) is 0 Å². The fraction of sp³-hybridized carbons (Fsp3) is 0.417. The Morgan fingerprint density at radius 3 is 2.83 bits per heavy atom. The van der Waals surface area contributed by atoms with Crippen molar-refractivity contribution in [2.75, 3.05) is 11.5 Å². The van der Waals surface area contributed by atoms with E-state index in [1.807, 2.05) is 6.92 Å². The van der Waals surface area contributed by atoms with Crippen molar-refractivity contribution in [1.82, 2.24) is 5.32 Å². The second-order valence-corrected chi connectivity index (χ2v) is 6.62. The fourth-order valence-corrected chi connectivity index (χ4v) is 3.53. The van der Waals surface area contributed by atoms with Gasteiger partial charge in [0.15, 0.2) is 9.84 Å². The first kappa shape index (κ1) is 12.9. The van der Waals surface area contributed by atoms with E-state index < -0.39 is 9.84 Å². The molecule has 1 aliphatic rings. The van der Waals surface area contributed by atoms with Gasteiger partial charge < -0.3 is 9.73 Å². The Balaban J connectivity index is 1.88. The molecular weight excluding hydrogens is 254 g/mol. The van der Waals surface area contributed by atoms with Crippen molar-refractivity contribution in [3.8, 4) is 0 Å². The monoisotopic (exact) mass is 269 g/mol. The topological polar surface area (TPSA) is 76.4 Å². The minimum absolute atomic E-state index is 0.0342. The number of hydrogen-bond donors (Lipinski definition) is 1. The predicted molar refractivity (Wildman–Crippen MR) is 67.7 cm³/mol. The maximum absolute atomic E-state index is 11.6. The predicted octanol–water partition coefficient (Wildman–Crippen LogP) is 0.905. The molecule has 1 aliphatic heterocycles. The largest absolute Gasteiger partial charge is 0.462 e. The van der Waals surface area contributed by atoms with Gasteiger partial charge >= 0.3 is 0 Å². The van der Waals surface area contributed by atoms with Crippen LogP contribution in [0.4, 0.5) is 0 Å². The molecule has 0 spiro atoms. The van der Waals surface area contributed by atoms with Gasteiger partial charge in [-0.3, -0.25) is 4.79 Å². The molecule has 0 aliphatic carbocycles. The van der Waals surface area contributed by atoms with Crippen LogP contribution in [0.3, 0.4) is 0 Å². The van der Waals surface area contributed by atoms with Crippen molar-refractivity contribution >= 4 is 21.8 Å². The highest BCUT2D eigenvalue weighted by Crippen LogP contribution is 2.11. The third-order valence-electron chi connectivity index (χ3n) is 2.74. The molecule has 1 atom stereocenters. The van der Waals surface area contributed by atoms with Crippen LogP contribution in [0.1, 0.15) is 17.9 Å². The Hall–Kier alpha value is -1.56. The lowest BCUT2D eigenvalue weighted by molar-refractivity contribution is -0.116. The molecule has 1 N–H and O–H groups in total. The van der Waals surface area contributed by atoms with Crippen LogP contribution in [0, 0.1) is 6.92 Å². The fourth-order valence-electron chi connectivity index (χ4n) is 1.86. The quantitative estimate of drug-likeness (QED) is 0.827. The zero-order valence-electron chi connectivity index (χ0n) is 10.0. The third-order valence-corrected chi connectivity index (χ3v) is 4.51. The normalized spacial score (nSPS) is 22.4. The summed E-state index contributed by atoms with van der Waals surface area (Å²) in [6, 6.07) is 3.30. The average Bonchev–Trinajstić information content (AvgIpc) is 2.82. The van der Waals surface area contributed by atoms with Crippen LogP contribution in [-0.4, -0.2) is 31.9 Å². The van der Waals surface area contributed by atoms with Crippen molar-refractivity contribution in [1.29, 1.82) is 0 Å². The molecule has 2 heterocycles. The van der Waals surface area contributed by atoms with Gasteiger partial charge in [0.1, 0.15) is 11.5 Å². The van der Waals surface area contributed by atoms with Gasteiger partial charge in [-0.25, -0.2) is 8.42 Å². The standard InChI is InChI=1S/C12H15NO4S/c1-9-2-3-11(17-9)4-5-12(14)13-10-6-7-18(15,16)8-10/h2-5,10H,6-8H2,1H3,(H,13,14)/b5-4+. The molecule has 0 bridgehead atoms. The van der Waals surface area contributed by atoms with E-state index in [1.54, 1.807) is 18.2 Å². The molecule has 0 radical (unpaired) electrons. The van der Waals surface area contributed by atoms with Gasteiger partial charge in [0.25, 0.3) is 0 Å². The zero-order chi connectivity index (χ0) is 13.2. The first-order valence-corrected chi connectivity index (χ1v) is 7.52. The number of carbonyl (C=O) groups is 1. The number of aryl methyl sites for hydroxylation is 1. The summed E-state index contributed by atoms with van der Waals surface area (Å²) in [4.78, 5) is 11.6. The molecule has 1 fully saturated rings. The molecule has 2 rings (SSSR count). The molecule has 1 aromatic heterocycles. The molecule has 0 aromatic carbocycles. The molecule has 1 aromatic rings. The van der Waals surface area contributed by atoms with E-state index in [4.69, 9.17) is 4.42 Å².